The fourth-order valence-electron chi connectivity index (χ4n) is 0.705. The summed E-state index contributed by atoms with van der Waals surface area (Å²) in [6.45, 7) is 0. The second kappa shape index (κ2) is 3.31. The van der Waals surface area contributed by atoms with Gasteiger partial charge in [-0.15, -0.1) is 0 Å². The number of halogens is 3. The Labute approximate surface area is 83.1 Å². The molecule has 1 N–H and O–H groups in total. The first-order chi connectivity index (χ1) is 5.02. The van der Waals surface area contributed by atoms with Crippen molar-refractivity contribution in [2.24, 2.45) is 0 Å². The summed E-state index contributed by atoms with van der Waals surface area (Å²) in [6, 6.07) is 6.81. The van der Waals surface area contributed by atoms with Crippen LogP contribution in [0.5, 0.6) is 0 Å². The predicted molar refractivity (Wildman–Crippen MR) is 50.1 cm³/mol. The molecule has 0 saturated carbocycles. The summed E-state index contributed by atoms with van der Waals surface area (Å²) in [5, 5.41) is 9.70. The summed E-state index contributed by atoms with van der Waals surface area (Å²) < 4.78 is -1.56. The van der Waals surface area contributed by atoms with E-state index in [4.69, 9.17) is 23.2 Å². The van der Waals surface area contributed by atoms with Crippen LogP contribution in [0, 0.1) is 0 Å². The van der Waals surface area contributed by atoms with Crippen molar-refractivity contribution in [3.63, 3.8) is 0 Å². The molecule has 1 unspecified atom stereocenters. The highest BCUT2D eigenvalue weighted by atomic mass is 79.9. The first kappa shape index (κ1) is 9.33. The fraction of sp³-hybridized carbons (Fsp3) is 0.143. The zero-order valence-electron chi connectivity index (χ0n) is 5.39. The van der Waals surface area contributed by atoms with Gasteiger partial charge >= 0.3 is 0 Å². The van der Waals surface area contributed by atoms with Gasteiger partial charge in [-0.2, -0.15) is 0 Å². The number of alkyl halides is 2. The van der Waals surface area contributed by atoms with Crippen LogP contribution in [0.25, 0.3) is 0 Å². The van der Waals surface area contributed by atoms with Gasteiger partial charge in [0, 0.05) is 10.6 Å². The van der Waals surface area contributed by atoms with E-state index in [0.717, 1.165) is 0 Å². The molecule has 1 nitrogen and oxygen atoms in total. The fourth-order valence-corrected chi connectivity index (χ4v) is 1.65. The molecule has 4 heteroatoms. The van der Waals surface area contributed by atoms with E-state index in [-0.39, 0.29) is 0 Å². The van der Waals surface area contributed by atoms with Crippen molar-refractivity contribution < 1.29 is 5.11 Å². The van der Waals surface area contributed by atoms with Gasteiger partial charge in [-0.1, -0.05) is 41.4 Å². The minimum atomic E-state index is -1.56. The summed E-state index contributed by atoms with van der Waals surface area (Å²) in [5.41, 5.74) is 0.448. The van der Waals surface area contributed by atoms with Gasteiger partial charge in [-0.3, -0.25) is 0 Å². The highest BCUT2D eigenvalue weighted by molar-refractivity contribution is 9.10. The van der Waals surface area contributed by atoms with Crippen LogP contribution in [0.2, 0.25) is 5.02 Å². The van der Waals surface area contributed by atoms with Crippen molar-refractivity contribution in [2.45, 2.75) is 3.97 Å². The maximum Gasteiger partial charge on any atom is 0.222 e. The standard InChI is InChI=1S/C7H5BrCl2O/c8-7(10,11)5-3-1-2-4-6(5)9/h1-4,11H. The van der Waals surface area contributed by atoms with Crippen molar-refractivity contribution in [2.75, 3.05) is 0 Å². The smallest absolute Gasteiger partial charge is 0.222 e. The molecule has 0 radical (unpaired) electrons. The maximum atomic E-state index is 9.27. The zero-order valence-corrected chi connectivity index (χ0v) is 8.49. The van der Waals surface area contributed by atoms with E-state index >= 15 is 0 Å². The van der Waals surface area contributed by atoms with E-state index in [1.165, 1.54) is 0 Å². The van der Waals surface area contributed by atoms with E-state index in [1.54, 1.807) is 24.3 Å². The minimum absolute atomic E-state index is 0.432. The molecular weight excluding hydrogens is 251 g/mol. The van der Waals surface area contributed by atoms with Crippen LogP contribution < -0.4 is 0 Å². The van der Waals surface area contributed by atoms with Gasteiger partial charge in [0.2, 0.25) is 3.97 Å². The van der Waals surface area contributed by atoms with Gasteiger partial charge < -0.3 is 5.11 Å². The van der Waals surface area contributed by atoms with Crippen LogP contribution in [-0.2, 0) is 3.97 Å². The number of hydrogen-bond acceptors (Lipinski definition) is 1. The van der Waals surface area contributed by atoms with E-state index < -0.39 is 3.97 Å². The average molecular weight is 256 g/mol. The van der Waals surface area contributed by atoms with Crippen LogP contribution in [0.3, 0.4) is 0 Å². The molecular formula is C7H5BrCl2O. The minimum Gasteiger partial charge on any atom is -0.362 e. The molecule has 0 fully saturated rings. The van der Waals surface area contributed by atoms with Gasteiger partial charge in [0.05, 0.1) is 0 Å². The van der Waals surface area contributed by atoms with Crippen LogP contribution >= 0.6 is 39.1 Å². The van der Waals surface area contributed by atoms with Crippen molar-refractivity contribution in [1.82, 2.24) is 0 Å². The van der Waals surface area contributed by atoms with Gasteiger partial charge in [-0.25, -0.2) is 0 Å². The molecule has 60 valence electrons. The van der Waals surface area contributed by atoms with Crippen LogP contribution in [0.15, 0.2) is 24.3 Å². The zero-order chi connectivity index (χ0) is 8.48. The number of benzene rings is 1. The molecule has 0 aliphatic rings. The third-order valence-corrected chi connectivity index (χ3v) is 2.16. The molecule has 0 spiro atoms. The van der Waals surface area contributed by atoms with Gasteiger partial charge in [-0.05, 0) is 22.0 Å². The van der Waals surface area contributed by atoms with E-state index in [0.29, 0.717) is 10.6 Å². The normalized spacial score (nSPS) is 16.0. The molecule has 0 saturated heterocycles. The Morgan fingerprint density at radius 1 is 1.36 bits per heavy atom. The Kier molecular flexibility index (Phi) is 2.81. The topological polar surface area (TPSA) is 20.2 Å². The van der Waals surface area contributed by atoms with E-state index in [2.05, 4.69) is 15.9 Å². The molecule has 0 amide bonds. The highest BCUT2D eigenvalue weighted by Gasteiger charge is 2.23. The molecule has 0 aromatic heterocycles. The lowest BCUT2D eigenvalue weighted by Gasteiger charge is -2.13. The highest BCUT2D eigenvalue weighted by Crippen LogP contribution is 2.36. The van der Waals surface area contributed by atoms with E-state index in [9.17, 15) is 5.11 Å². The summed E-state index contributed by atoms with van der Waals surface area (Å²) in [5.74, 6) is 0. The SMILES string of the molecule is OC(Cl)(Br)c1ccccc1Cl. The molecule has 0 heterocycles. The Morgan fingerprint density at radius 3 is 2.27 bits per heavy atom. The first-order valence-corrected chi connectivity index (χ1v) is 4.42. The third-order valence-electron chi connectivity index (χ3n) is 1.20. The first-order valence-electron chi connectivity index (χ1n) is 2.87. The monoisotopic (exact) mass is 254 g/mol. The lowest BCUT2D eigenvalue weighted by molar-refractivity contribution is 0.234. The molecule has 0 bridgehead atoms. The Bertz CT molecular complexity index is 257. The van der Waals surface area contributed by atoms with Crippen molar-refractivity contribution >= 4 is 39.1 Å². The molecule has 1 atom stereocenters. The van der Waals surface area contributed by atoms with Crippen LogP contribution in [0.4, 0.5) is 0 Å². The maximum absolute atomic E-state index is 9.27. The van der Waals surface area contributed by atoms with Gasteiger partial charge in [0.25, 0.3) is 0 Å². The summed E-state index contributed by atoms with van der Waals surface area (Å²) in [7, 11) is 0. The molecule has 0 aliphatic heterocycles. The third kappa shape index (κ3) is 2.34. The Morgan fingerprint density at radius 2 is 1.91 bits per heavy atom. The second-order valence-electron chi connectivity index (χ2n) is 2.02. The summed E-state index contributed by atoms with van der Waals surface area (Å²) in [6.07, 6.45) is 0. The lowest BCUT2D eigenvalue weighted by atomic mass is 10.2. The van der Waals surface area contributed by atoms with Crippen molar-refractivity contribution in [3.05, 3.63) is 34.9 Å². The number of aliphatic hydroxyl groups is 1. The summed E-state index contributed by atoms with van der Waals surface area (Å²) >= 11 is 14.2. The van der Waals surface area contributed by atoms with Gasteiger partial charge in [0.1, 0.15) is 0 Å². The molecule has 0 aliphatic carbocycles. The van der Waals surface area contributed by atoms with E-state index in [1.807, 2.05) is 0 Å². The molecule has 1 aromatic carbocycles. The van der Waals surface area contributed by atoms with Crippen LogP contribution in [-0.4, -0.2) is 5.11 Å². The average Bonchev–Trinajstić information content (AvgIpc) is 1.86. The summed E-state index contributed by atoms with van der Waals surface area (Å²) in [4.78, 5) is 0. The molecule has 1 rings (SSSR count). The lowest BCUT2D eigenvalue weighted by Crippen LogP contribution is -2.07. The Hall–Kier alpha value is 0.240. The molecule has 1 aromatic rings. The van der Waals surface area contributed by atoms with Crippen molar-refractivity contribution in [1.29, 1.82) is 0 Å². The van der Waals surface area contributed by atoms with Crippen molar-refractivity contribution in [3.8, 4) is 0 Å². The Balaban J connectivity index is 3.14. The number of rotatable bonds is 1. The van der Waals surface area contributed by atoms with Crippen LogP contribution in [0.1, 0.15) is 5.56 Å². The predicted octanol–water partition coefficient (Wildman–Crippen LogP) is 3.08. The second-order valence-corrected chi connectivity index (χ2v) is 4.58. The quantitative estimate of drug-likeness (QED) is 0.765. The van der Waals surface area contributed by atoms with Gasteiger partial charge in [0.15, 0.2) is 0 Å². The largest absolute Gasteiger partial charge is 0.362 e. The number of hydrogen-bond donors (Lipinski definition) is 1. The molecule has 11 heavy (non-hydrogen) atoms.